The molecular formula is C25H27N5O3. The molecule has 8 heteroatoms. The predicted octanol–water partition coefficient (Wildman–Crippen LogP) is 2.50. The minimum Gasteiger partial charge on any atom is -0.352 e. The smallest absolute Gasteiger partial charge is 0.352 e. The summed E-state index contributed by atoms with van der Waals surface area (Å²) in [5.41, 5.74) is 0.966. The van der Waals surface area contributed by atoms with Gasteiger partial charge in [0.05, 0.1) is 10.9 Å². The first-order chi connectivity index (χ1) is 16.1. The Labute approximate surface area is 190 Å². The number of aryl methyl sites for hydroxylation is 2. The first kappa shape index (κ1) is 21.2. The lowest BCUT2D eigenvalue weighted by molar-refractivity contribution is -0.122. The fraction of sp³-hybridized carbons (Fsp3) is 0.360. The topological polar surface area (TPSA) is 90.4 Å². The number of fused-ring (bicyclic) bond motifs is 3. The molecule has 4 aromatic rings. The first-order valence-electron chi connectivity index (χ1n) is 11.6. The Morgan fingerprint density at radius 2 is 1.70 bits per heavy atom. The van der Waals surface area contributed by atoms with Gasteiger partial charge in [-0.05, 0) is 37.0 Å². The second-order valence-electron chi connectivity index (χ2n) is 8.69. The molecule has 170 valence electrons. The first-order valence-corrected chi connectivity index (χ1v) is 11.6. The van der Waals surface area contributed by atoms with Gasteiger partial charge < -0.3 is 5.32 Å². The third-order valence-electron chi connectivity index (χ3n) is 6.41. The molecule has 0 saturated heterocycles. The molecule has 0 unspecified atom stereocenters. The van der Waals surface area contributed by atoms with Crippen LogP contribution in [0.25, 0.3) is 16.7 Å². The lowest BCUT2D eigenvalue weighted by Gasteiger charge is -2.22. The molecule has 2 aromatic heterocycles. The molecule has 2 aromatic carbocycles. The minimum atomic E-state index is -0.423. The standard InChI is InChI=1S/C25H27N5O3/c31-22(26-19-11-5-2-6-12-19)17-29-25(33)30-21-14-8-7-13-20(21)23(32)28(24(30)27-29)16-15-18-9-3-1-4-10-18/h1,3-4,7-10,13-14,19H,2,5-6,11-12,15-17H2,(H,26,31). The van der Waals surface area contributed by atoms with Gasteiger partial charge in [0.2, 0.25) is 11.7 Å². The molecule has 33 heavy (non-hydrogen) atoms. The quantitative estimate of drug-likeness (QED) is 0.494. The fourth-order valence-corrected chi connectivity index (χ4v) is 4.71. The molecule has 0 bridgehead atoms. The summed E-state index contributed by atoms with van der Waals surface area (Å²) in [5.74, 6) is 0.0278. The molecule has 2 heterocycles. The molecule has 5 rings (SSSR count). The summed E-state index contributed by atoms with van der Waals surface area (Å²) < 4.78 is 4.14. The number of hydrogen-bond donors (Lipinski definition) is 1. The van der Waals surface area contributed by atoms with E-state index in [9.17, 15) is 14.4 Å². The number of carbonyl (C=O) groups excluding carboxylic acids is 1. The Morgan fingerprint density at radius 3 is 2.48 bits per heavy atom. The molecule has 1 aliphatic carbocycles. The molecule has 0 radical (unpaired) electrons. The Bertz CT molecular complexity index is 1410. The molecule has 0 atom stereocenters. The fourth-order valence-electron chi connectivity index (χ4n) is 4.71. The van der Waals surface area contributed by atoms with E-state index in [4.69, 9.17) is 0 Å². The zero-order valence-corrected chi connectivity index (χ0v) is 18.4. The summed E-state index contributed by atoms with van der Waals surface area (Å²) in [6.07, 6.45) is 5.98. The van der Waals surface area contributed by atoms with Gasteiger partial charge in [-0.3, -0.25) is 14.2 Å². The lowest BCUT2D eigenvalue weighted by Crippen LogP contribution is -2.40. The predicted molar refractivity (Wildman–Crippen MR) is 126 cm³/mol. The molecule has 8 nitrogen and oxygen atoms in total. The van der Waals surface area contributed by atoms with Crippen LogP contribution in [0.2, 0.25) is 0 Å². The van der Waals surface area contributed by atoms with E-state index in [2.05, 4.69) is 10.4 Å². The maximum absolute atomic E-state index is 13.3. The lowest BCUT2D eigenvalue weighted by atomic mass is 9.95. The van der Waals surface area contributed by atoms with Crippen molar-refractivity contribution < 1.29 is 4.79 Å². The summed E-state index contributed by atoms with van der Waals surface area (Å²) in [4.78, 5) is 39.2. The van der Waals surface area contributed by atoms with E-state index in [1.54, 1.807) is 24.3 Å². The zero-order valence-electron chi connectivity index (χ0n) is 18.4. The molecule has 1 amide bonds. The van der Waals surface area contributed by atoms with Crippen molar-refractivity contribution in [1.29, 1.82) is 0 Å². The summed E-state index contributed by atoms with van der Waals surface area (Å²) in [5, 5.41) is 7.92. The minimum absolute atomic E-state index is 0.156. The maximum atomic E-state index is 13.3. The van der Waals surface area contributed by atoms with Gasteiger partial charge in [0.1, 0.15) is 6.54 Å². The van der Waals surface area contributed by atoms with Crippen molar-refractivity contribution in [2.45, 2.75) is 57.7 Å². The highest BCUT2D eigenvalue weighted by Gasteiger charge is 2.20. The van der Waals surface area contributed by atoms with Crippen LogP contribution in [0.15, 0.2) is 64.2 Å². The van der Waals surface area contributed by atoms with Crippen LogP contribution < -0.4 is 16.6 Å². The van der Waals surface area contributed by atoms with Crippen LogP contribution in [0, 0.1) is 0 Å². The van der Waals surface area contributed by atoms with Crippen LogP contribution >= 0.6 is 0 Å². The van der Waals surface area contributed by atoms with Gasteiger partial charge in [0.25, 0.3) is 5.56 Å². The van der Waals surface area contributed by atoms with Crippen molar-refractivity contribution in [2.24, 2.45) is 0 Å². The van der Waals surface area contributed by atoms with Gasteiger partial charge in [-0.15, -0.1) is 5.10 Å². The molecule has 1 fully saturated rings. The highest BCUT2D eigenvalue weighted by atomic mass is 16.2. The van der Waals surface area contributed by atoms with Crippen LogP contribution in [0.3, 0.4) is 0 Å². The van der Waals surface area contributed by atoms with E-state index in [1.807, 2.05) is 30.3 Å². The van der Waals surface area contributed by atoms with Crippen molar-refractivity contribution >= 4 is 22.6 Å². The summed E-state index contributed by atoms with van der Waals surface area (Å²) in [6, 6.07) is 17.0. The van der Waals surface area contributed by atoms with Crippen LogP contribution in [0.1, 0.15) is 37.7 Å². The molecule has 0 spiro atoms. The van der Waals surface area contributed by atoms with Crippen molar-refractivity contribution in [3.05, 3.63) is 81.0 Å². The number of nitrogens with zero attached hydrogens (tertiary/aromatic N) is 4. The molecular weight excluding hydrogens is 418 g/mol. The van der Waals surface area contributed by atoms with E-state index < -0.39 is 5.69 Å². The number of benzene rings is 2. The van der Waals surface area contributed by atoms with Crippen LogP contribution in [-0.4, -0.2) is 30.7 Å². The molecule has 0 aliphatic heterocycles. The van der Waals surface area contributed by atoms with Gasteiger partial charge in [0, 0.05) is 12.6 Å². The number of nitrogens with one attached hydrogen (secondary N) is 1. The third kappa shape index (κ3) is 4.20. The van der Waals surface area contributed by atoms with Crippen molar-refractivity contribution in [3.8, 4) is 0 Å². The van der Waals surface area contributed by atoms with Gasteiger partial charge >= 0.3 is 5.69 Å². The maximum Gasteiger partial charge on any atom is 0.352 e. The van der Waals surface area contributed by atoms with Gasteiger partial charge in [-0.2, -0.15) is 0 Å². The Balaban J connectivity index is 1.53. The second kappa shape index (κ2) is 9.05. The number of carbonyl (C=O) groups is 1. The Morgan fingerprint density at radius 1 is 0.970 bits per heavy atom. The third-order valence-corrected chi connectivity index (χ3v) is 6.41. The van der Waals surface area contributed by atoms with E-state index in [-0.39, 0.29) is 29.8 Å². The van der Waals surface area contributed by atoms with Crippen LogP contribution in [-0.2, 0) is 24.3 Å². The summed E-state index contributed by atoms with van der Waals surface area (Å²) >= 11 is 0. The van der Waals surface area contributed by atoms with Gasteiger partial charge in [-0.25, -0.2) is 13.9 Å². The number of hydrogen-bond acceptors (Lipinski definition) is 4. The number of para-hydroxylation sites is 1. The highest BCUT2D eigenvalue weighted by Crippen LogP contribution is 2.17. The molecule has 1 N–H and O–H groups in total. The van der Waals surface area contributed by atoms with Crippen molar-refractivity contribution in [1.82, 2.24) is 24.1 Å². The van der Waals surface area contributed by atoms with E-state index in [1.165, 1.54) is 20.1 Å². The highest BCUT2D eigenvalue weighted by molar-refractivity contribution is 5.80. The largest absolute Gasteiger partial charge is 0.352 e. The Hall–Kier alpha value is -3.68. The number of rotatable bonds is 6. The monoisotopic (exact) mass is 445 g/mol. The number of aromatic nitrogens is 4. The molecule has 1 saturated carbocycles. The van der Waals surface area contributed by atoms with E-state index >= 15 is 0 Å². The van der Waals surface area contributed by atoms with Crippen LogP contribution in [0.4, 0.5) is 0 Å². The summed E-state index contributed by atoms with van der Waals surface area (Å²) in [7, 11) is 0. The average molecular weight is 446 g/mol. The second-order valence-corrected chi connectivity index (χ2v) is 8.69. The van der Waals surface area contributed by atoms with Crippen LogP contribution in [0.5, 0.6) is 0 Å². The SMILES string of the molecule is O=C(Cn1nc2n(CCc3ccccc3)c(=O)c3ccccc3n2c1=O)NC1CCCCC1. The van der Waals surface area contributed by atoms with E-state index in [0.717, 1.165) is 31.2 Å². The number of amides is 1. The Kier molecular flexibility index (Phi) is 5.81. The molecule has 1 aliphatic rings. The van der Waals surface area contributed by atoms with Gasteiger partial charge in [-0.1, -0.05) is 61.7 Å². The van der Waals surface area contributed by atoms with Crippen molar-refractivity contribution in [3.63, 3.8) is 0 Å². The van der Waals surface area contributed by atoms with Gasteiger partial charge in [0.15, 0.2) is 0 Å². The zero-order chi connectivity index (χ0) is 22.8. The summed E-state index contributed by atoms with van der Waals surface area (Å²) in [6.45, 7) is 0.208. The van der Waals surface area contributed by atoms with E-state index in [0.29, 0.717) is 23.9 Å². The van der Waals surface area contributed by atoms with Crippen molar-refractivity contribution in [2.75, 3.05) is 0 Å². The average Bonchev–Trinajstić information content (AvgIpc) is 3.16. The normalized spacial score (nSPS) is 14.7.